The predicted molar refractivity (Wildman–Crippen MR) is 87.5 cm³/mol. The Hall–Kier alpha value is -1.53. The number of nitrogens with one attached hydrogen (secondary N) is 1. The lowest BCUT2D eigenvalue weighted by atomic mass is 10.1. The second-order valence-corrected chi connectivity index (χ2v) is 5.50. The molecule has 1 aromatic carbocycles. The highest BCUT2D eigenvalue weighted by Crippen LogP contribution is 2.14. The highest BCUT2D eigenvalue weighted by molar-refractivity contribution is 5.27. The van der Waals surface area contributed by atoms with Crippen molar-refractivity contribution >= 4 is 0 Å². The molecule has 0 aromatic heterocycles. The van der Waals surface area contributed by atoms with Gasteiger partial charge in [-0.3, -0.25) is 0 Å². The number of hydrogen-bond donors (Lipinski definition) is 1. The topological polar surface area (TPSA) is 45.0 Å². The van der Waals surface area contributed by atoms with Crippen LogP contribution in [-0.2, 0) is 6.42 Å². The molecule has 0 fully saturated rings. The maximum absolute atomic E-state index is 8.46. The third-order valence-electron chi connectivity index (χ3n) is 3.48. The van der Waals surface area contributed by atoms with Gasteiger partial charge < -0.3 is 10.1 Å². The molecular weight excluding hydrogens is 260 g/mol. The van der Waals surface area contributed by atoms with Gasteiger partial charge in [0.25, 0.3) is 0 Å². The van der Waals surface area contributed by atoms with Crippen molar-refractivity contribution in [2.75, 3.05) is 13.2 Å². The molecule has 0 amide bonds. The number of aryl methyl sites for hydroxylation is 1. The molecule has 3 heteroatoms. The van der Waals surface area contributed by atoms with Crippen LogP contribution < -0.4 is 10.1 Å². The number of nitriles is 1. The van der Waals surface area contributed by atoms with Crippen molar-refractivity contribution in [2.45, 2.75) is 58.4 Å². The third kappa shape index (κ3) is 8.37. The SMILES string of the molecule is CCCNC(C)CCc1ccc(OCCCCC#N)cc1. The molecule has 21 heavy (non-hydrogen) atoms. The van der Waals surface area contributed by atoms with Gasteiger partial charge >= 0.3 is 0 Å². The lowest BCUT2D eigenvalue weighted by Gasteiger charge is -2.13. The van der Waals surface area contributed by atoms with Crippen LogP contribution in [0.5, 0.6) is 5.75 Å². The van der Waals surface area contributed by atoms with Gasteiger partial charge in [-0.15, -0.1) is 0 Å². The van der Waals surface area contributed by atoms with Gasteiger partial charge in [0.1, 0.15) is 5.75 Å². The van der Waals surface area contributed by atoms with Crippen LogP contribution >= 0.6 is 0 Å². The standard InChI is InChI=1S/C18H28N2O/c1-3-14-20-16(2)7-8-17-9-11-18(12-10-17)21-15-6-4-5-13-19/h9-12,16,20H,3-8,14-15H2,1-2H3. The minimum absolute atomic E-state index is 0.570. The van der Waals surface area contributed by atoms with Crippen molar-refractivity contribution in [1.29, 1.82) is 5.26 Å². The van der Waals surface area contributed by atoms with Crippen LogP contribution in [0.3, 0.4) is 0 Å². The molecule has 0 aliphatic rings. The number of hydrogen-bond acceptors (Lipinski definition) is 3. The van der Waals surface area contributed by atoms with Gasteiger partial charge in [-0.2, -0.15) is 5.26 Å². The number of rotatable bonds is 11. The molecule has 0 aliphatic carbocycles. The molecular formula is C18H28N2O. The second-order valence-electron chi connectivity index (χ2n) is 5.50. The van der Waals surface area contributed by atoms with Crippen LogP contribution in [0.1, 0.15) is 51.5 Å². The lowest BCUT2D eigenvalue weighted by Crippen LogP contribution is -2.27. The van der Waals surface area contributed by atoms with Crippen molar-refractivity contribution in [1.82, 2.24) is 5.32 Å². The summed E-state index contributed by atoms with van der Waals surface area (Å²) in [4.78, 5) is 0. The van der Waals surface area contributed by atoms with Gasteiger partial charge in [0.2, 0.25) is 0 Å². The Morgan fingerprint density at radius 1 is 1.24 bits per heavy atom. The van der Waals surface area contributed by atoms with E-state index in [1.807, 2.05) is 12.1 Å². The van der Waals surface area contributed by atoms with Gasteiger partial charge in [-0.1, -0.05) is 19.1 Å². The summed E-state index contributed by atoms with van der Waals surface area (Å²) in [5, 5.41) is 12.0. The molecule has 116 valence electrons. The average molecular weight is 288 g/mol. The van der Waals surface area contributed by atoms with E-state index in [1.165, 1.54) is 12.0 Å². The number of benzene rings is 1. The van der Waals surface area contributed by atoms with Crippen molar-refractivity contribution < 1.29 is 4.74 Å². The van der Waals surface area contributed by atoms with E-state index in [0.29, 0.717) is 19.1 Å². The molecule has 3 nitrogen and oxygen atoms in total. The van der Waals surface area contributed by atoms with Crippen LogP contribution in [0, 0.1) is 11.3 Å². The highest BCUT2D eigenvalue weighted by Gasteiger charge is 2.02. The van der Waals surface area contributed by atoms with E-state index in [0.717, 1.165) is 38.0 Å². The first-order chi connectivity index (χ1) is 10.3. The molecule has 0 saturated carbocycles. The molecule has 1 rings (SSSR count). The van der Waals surface area contributed by atoms with Gasteiger partial charge in [0, 0.05) is 12.5 Å². The summed E-state index contributed by atoms with van der Waals surface area (Å²) < 4.78 is 5.66. The Kier molecular flexibility index (Phi) is 9.32. The number of nitrogens with zero attached hydrogens (tertiary/aromatic N) is 1. The summed E-state index contributed by atoms with van der Waals surface area (Å²) in [7, 11) is 0. The summed E-state index contributed by atoms with van der Waals surface area (Å²) in [6.45, 7) is 6.23. The first-order valence-corrected chi connectivity index (χ1v) is 8.08. The Morgan fingerprint density at radius 2 is 2.00 bits per heavy atom. The molecule has 0 aliphatic heterocycles. The largest absolute Gasteiger partial charge is 0.494 e. The summed E-state index contributed by atoms with van der Waals surface area (Å²) >= 11 is 0. The van der Waals surface area contributed by atoms with E-state index in [-0.39, 0.29) is 0 Å². The Labute approximate surface area is 129 Å². The smallest absolute Gasteiger partial charge is 0.119 e. The van der Waals surface area contributed by atoms with Crippen LogP contribution in [0.15, 0.2) is 24.3 Å². The minimum Gasteiger partial charge on any atom is -0.494 e. The second kappa shape index (κ2) is 11.2. The van der Waals surface area contributed by atoms with Gasteiger partial charge in [-0.25, -0.2) is 0 Å². The van der Waals surface area contributed by atoms with Gasteiger partial charge in [-0.05, 0) is 63.3 Å². The molecule has 0 bridgehead atoms. The summed E-state index contributed by atoms with van der Waals surface area (Å²) in [6.07, 6.45) is 5.92. The number of ether oxygens (including phenoxy) is 1. The van der Waals surface area contributed by atoms with E-state index in [2.05, 4.69) is 37.4 Å². The molecule has 0 radical (unpaired) electrons. The fourth-order valence-corrected chi connectivity index (χ4v) is 2.12. The van der Waals surface area contributed by atoms with Crippen molar-refractivity contribution in [2.24, 2.45) is 0 Å². The Bertz CT molecular complexity index is 408. The van der Waals surface area contributed by atoms with Crippen molar-refractivity contribution in [3.8, 4) is 11.8 Å². The van der Waals surface area contributed by atoms with E-state index < -0.39 is 0 Å². The zero-order chi connectivity index (χ0) is 15.3. The molecule has 1 unspecified atom stereocenters. The van der Waals surface area contributed by atoms with Crippen LogP contribution in [0.4, 0.5) is 0 Å². The summed E-state index contributed by atoms with van der Waals surface area (Å²) in [6, 6.07) is 11.1. The fourth-order valence-electron chi connectivity index (χ4n) is 2.12. The number of unbranched alkanes of at least 4 members (excludes halogenated alkanes) is 2. The summed E-state index contributed by atoms with van der Waals surface area (Å²) in [5.41, 5.74) is 1.36. The van der Waals surface area contributed by atoms with E-state index in [1.54, 1.807) is 0 Å². The first kappa shape index (κ1) is 17.5. The maximum atomic E-state index is 8.46. The Balaban J connectivity index is 2.22. The first-order valence-electron chi connectivity index (χ1n) is 8.08. The quantitative estimate of drug-likeness (QED) is 0.624. The van der Waals surface area contributed by atoms with E-state index in [4.69, 9.17) is 10.00 Å². The highest BCUT2D eigenvalue weighted by atomic mass is 16.5. The third-order valence-corrected chi connectivity index (χ3v) is 3.48. The van der Waals surface area contributed by atoms with Crippen LogP contribution in [-0.4, -0.2) is 19.2 Å². The van der Waals surface area contributed by atoms with Gasteiger partial charge in [0.05, 0.1) is 12.7 Å². The Morgan fingerprint density at radius 3 is 2.67 bits per heavy atom. The van der Waals surface area contributed by atoms with E-state index in [9.17, 15) is 0 Å². The minimum atomic E-state index is 0.570. The van der Waals surface area contributed by atoms with Crippen LogP contribution in [0.2, 0.25) is 0 Å². The fraction of sp³-hybridized carbons (Fsp3) is 0.611. The molecule has 1 aromatic rings. The molecule has 1 atom stereocenters. The maximum Gasteiger partial charge on any atom is 0.119 e. The average Bonchev–Trinajstić information content (AvgIpc) is 2.52. The zero-order valence-corrected chi connectivity index (χ0v) is 13.4. The van der Waals surface area contributed by atoms with Crippen molar-refractivity contribution in [3.63, 3.8) is 0 Å². The zero-order valence-electron chi connectivity index (χ0n) is 13.4. The normalized spacial score (nSPS) is 11.9. The molecule has 0 saturated heterocycles. The van der Waals surface area contributed by atoms with E-state index >= 15 is 0 Å². The molecule has 0 spiro atoms. The predicted octanol–water partition coefficient (Wildman–Crippen LogP) is 4.08. The van der Waals surface area contributed by atoms with Crippen molar-refractivity contribution in [3.05, 3.63) is 29.8 Å². The van der Waals surface area contributed by atoms with Gasteiger partial charge in [0.15, 0.2) is 0 Å². The summed E-state index contributed by atoms with van der Waals surface area (Å²) in [5.74, 6) is 0.924. The monoisotopic (exact) mass is 288 g/mol. The lowest BCUT2D eigenvalue weighted by molar-refractivity contribution is 0.307. The molecule has 1 N–H and O–H groups in total. The van der Waals surface area contributed by atoms with Crippen LogP contribution in [0.25, 0.3) is 0 Å². The molecule has 0 heterocycles.